The number of hydrogen-bond donors (Lipinski definition) is 2. The third-order valence-electron chi connectivity index (χ3n) is 10.1. The van der Waals surface area contributed by atoms with Crippen molar-refractivity contribution in [1.82, 2.24) is 34.8 Å². The van der Waals surface area contributed by atoms with Crippen LogP contribution >= 0.6 is 11.3 Å². The van der Waals surface area contributed by atoms with Crippen LogP contribution in [0.25, 0.3) is 32.7 Å². The Morgan fingerprint density at radius 1 is 0.769 bits per heavy atom. The number of para-hydroxylation sites is 1. The number of alkyl carbamates (subject to hydrolysis) is 1. The van der Waals surface area contributed by atoms with Crippen LogP contribution < -0.4 is 25.3 Å². The number of carbonyl (C=O) groups excluding carboxylic acids is 1. The van der Waals surface area contributed by atoms with E-state index in [0.29, 0.717) is 44.2 Å². The number of nitrogens with zero attached hydrogens (tertiary/aromatic N) is 6. The number of nitrogens with two attached hydrogens (primary N) is 1. The largest absolute Gasteiger partial charge is 0.497 e. The number of rotatable bonds is 17. The number of methoxy groups -OCH3 is 3. The number of thiazole rings is 1. The highest BCUT2D eigenvalue weighted by molar-refractivity contribution is 7.93. The highest BCUT2D eigenvalue weighted by Gasteiger charge is 2.38. The lowest BCUT2D eigenvalue weighted by Crippen LogP contribution is -2.35. The van der Waals surface area contributed by atoms with Crippen LogP contribution in [0, 0.1) is 0 Å². The molecule has 65 heavy (non-hydrogen) atoms. The van der Waals surface area contributed by atoms with Gasteiger partial charge in [0.1, 0.15) is 27.7 Å². The monoisotopic (exact) mass is 940 g/mol. The molecule has 0 fully saturated rings. The van der Waals surface area contributed by atoms with Crippen molar-refractivity contribution in [2.75, 3.05) is 39.4 Å². The second-order valence-electron chi connectivity index (χ2n) is 15.7. The number of benzene rings is 5. The van der Waals surface area contributed by atoms with Crippen LogP contribution in [0.3, 0.4) is 0 Å². The number of tetrazole rings is 1. The van der Waals surface area contributed by atoms with Gasteiger partial charge >= 0.3 is 6.09 Å². The lowest BCUT2D eigenvalue weighted by atomic mass is 9.98. The first-order valence-corrected chi connectivity index (χ1v) is 24.1. The number of carbonyl (C=O) groups is 1. The molecule has 0 atom stereocenters. The lowest BCUT2D eigenvalue weighted by molar-refractivity contribution is 0.0531. The number of nitrogens with one attached hydrogen (secondary N) is 1. The summed E-state index contributed by atoms with van der Waals surface area (Å²) in [6.07, 6.45) is -0.838. The summed E-state index contributed by atoms with van der Waals surface area (Å²) in [7, 11) is -4.90. The third-order valence-corrected chi connectivity index (χ3v) is 14.7. The third kappa shape index (κ3) is 10.7. The van der Waals surface area contributed by atoms with Gasteiger partial charge in [-0.25, -0.2) is 31.3 Å². The van der Waals surface area contributed by atoms with E-state index in [0.717, 1.165) is 5.56 Å². The first kappa shape index (κ1) is 46.4. The summed E-state index contributed by atoms with van der Waals surface area (Å²) in [5, 5.41) is 15.5. The van der Waals surface area contributed by atoms with Crippen molar-refractivity contribution in [1.29, 1.82) is 0 Å². The van der Waals surface area contributed by atoms with Gasteiger partial charge in [0.05, 0.1) is 54.3 Å². The second-order valence-corrected chi connectivity index (χ2v) is 20.8. The van der Waals surface area contributed by atoms with E-state index < -0.39 is 53.6 Å². The molecule has 0 aliphatic rings. The van der Waals surface area contributed by atoms with E-state index in [9.17, 15) is 13.2 Å². The number of ether oxygens (including phenoxy) is 4. The standard InChI is InChI=1S/C45H48N8O9S3/c1-45(2,3)62-44(54)47-24-25-64(55,56)38-23-22-35(36-8-7-9-37-40(36)48-43(46)63-37)39(42-49-50-51-53(42)28-31-14-20-34(61-6)21-15-31)41(38)65(57,58)52(26-29-10-16-32(59-4)17-11-29)27-30-12-18-33(60-5)19-13-30/h7-23H,24-28H2,1-6H3,(H2,46,48)(H,47,54). The minimum Gasteiger partial charge on any atom is -0.497 e. The van der Waals surface area contributed by atoms with Crippen LogP contribution in [-0.2, 0) is 44.2 Å². The molecular formula is C45H48N8O9S3. The maximum absolute atomic E-state index is 16.1. The molecule has 7 aromatic rings. The number of sulfone groups is 1. The molecule has 0 aliphatic carbocycles. The Kier molecular flexibility index (Phi) is 13.7. The Balaban J connectivity index is 1.50. The molecule has 3 N–H and O–H groups in total. The Labute approximate surface area is 381 Å². The summed E-state index contributed by atoms with van der Waals surface area (Å²) in [5.74, 6) is 0.987. The minimum atomic E-state index is -4.93. The maximum Gasteiger partial charge on any atom is 0.407 e. The molecule has 0 saturated heterocycles. The number of amides is 1. The van der Waals surface area contributed by atoms with Gasteiger partial charge in [-0.2, -0.15) is 4.31 Å². The molecule has 1 amide bonds. The second kappa shape index (κ2) is 19.2. The Morgan fingerprint density at radius 3 is 1.89 bits per heavy atom. The first-order chi connectivity index (χ1) is 31.0. The molecule has 0 spiro atoms. The molecular weight excluding hydrogens is 893 g/mol. The SMILES string of the molecule is COc1ccc(CN(Cc2ccc(OC)cc2)S(=O)(=O)c2c(S(=O)(=O)CCNC(=O)OC(C)(C)C)ccc(-c3cccc4sc(N)nc34)c2-c2nnnn2Cc2ccc(OC)cc2)cc1. The van der Waals surface area contributed by atoms with E-state index in [1.807, 2.05) is 18.2 Å². The molecule has 2 heterocycles. The molecule has 0 bridgehead atoms. The van der Waals surface area contributed by atoms with E-state index in [-0.39, 0.29) is 41.7 Å². The minimum absolute atomic E-state index is 0.0487. The van der Waals surface area contributed by atoms with Gasteiger partial charge in [0.25, 0.3) is 0 Å². The van der Waals surface area contributed by atoms with Crippen molar-refractivity contribution in [2.45, 2.75) is 55.8 Å². The normalized spacial score (nSPS) is 12.0. The molecule has 7 rings (SSSR count). The Hall–Kier alpha value is -6.61. The zero-order chi connectivity index (χ0) is 46.5. The average molecular weight is 941 g/mol. The van der Waals surface area contributed by atoms with Crippen LogP contribution in [0.4, 0.5) is 9.93 Å². The molecule has 17 nitrogen and oxygen atoms in total. The number of hydrogen-bond acceptors (Lipinski definition) is 15. The van der Waals surface area contributed by atoms with E-state index in [1.54, 1.807) is 101 Å². The summed E-state index contributed by atoms with van der Waals surface area (Å²) in [6.45, 7) is 4.29. The molecule has 340 valence electrons. The number of nitrogen functional groups attached to an aromatic ring is 1. The predicted octanol–water partition coefficient (Wildman–Crippen LogP) is 6.96. The van der Waals surface area contributed by atoms with Gasteiger partial charge in [-0.3, -0.25) is 0 Å². The number of anilines is 1. The predicted molar refractivity (Wildman–Crippen MR) is 247 cm³/mol. The Morgan fingerprint density at radius 2 is 1.34 bits per heavy atom. The van der Waals surface area contributed by atoms with Gasteiger partial charge in [0.2, 0.25) is 10.0 Å². The summed E-state index contributed by atoms with van der Waals surface area (Å²) in [4.78, 5) is 16.2. The van der Waals surface area contributed by atoms with Crippen LogP contribution in [0.1, 0.15) is 37.5 Å². The smallest absolute Gasteiger partial charge is 0.407 e. The molecule has 5 aromatic carbocycles. The van der Waals surface area contributed by atoms with Gasteiger partial charge in [0, 0.05) is 25.2 Å². The van der Waals surface area contributed by atoms with Crippen molar-refractivity contribution < 1.29 is 40.6 Å². The highest BCUT2D eigenvalue weighted by Crippen LogP contribution is 2.44. The summed E-state index contributed by atoms with van der Waals surface area (Å²) in [6, 6.07) is 29.1. The molecule has 0 saturated carbocycles. The zero-order valence-corrected chi connectivity index (χ0v) is 39.0. The van der Waals surface area contributed by atoms with E-state index in [2.05, 4.69) is 25.8 Å². The van der Waals surface area contributed by atoms with Crippen LogP contribution in [0.15, 0.2) is 113 Å². The van der Waals surface area contributed by atoms with E-state index in [1.165, 1.54) is 46.7 Å². The Bertz CT molecular complexity index is 2970. The number of sulfonamides is 1. The molecule has 0 unspecified atom stereocenters. The zero-order valence-electron chi connectivity index (χ0n) is 36.5. The van der Waals surface area contributed by atoms with Gasteiger partial charge in [-0.05, 0) is 102 Å². The van der Waals surface area contributed by atoms with Gasteiger partial charge in [-0.1, -0.05) is 65.9 Å². The van der Waals surface area contributed by atoms with E-state index >= 15 is 8.42 Å². The van der Waals surface area contributed by atoms with Crippen molar-refractivity contribution in [3.8, 4) is 39.8 Å². The van der Waals surface area contributed by atoms with Crippen molar-refractivity contribution in [3.63, 3.8) is 0 Å². The summed E-state index contributed by atoms with van der Waals surface area (Å²) >= 11 is 1.24. The van der Waals surface area contributed by atoms with Crippen LogP contribution in [0.2, 0.25) is 0 Å². The summed E-state index contributed by atoms with van der Waals surface area (Å²) < 4.78 is 86.7. The maximum atomic E-state index is 16.1. The fourth-order valence-electron chi connectivity index (χ4n) is 7.02. The first-order valence-electron chi connectivity index (χ1n) is 20.2. The molecule has 2 aromatic heterocycles. The van der Waals surface area contributed by atoms with Crippen molar-refractivity contribution in [3.05, 3.63) is 120 Å². The number of fused-ring (bicyclic) bond motifs is 1. The fraction of sp³-hybridized carbons (Fsp3) is 0.267. The van der Waals surface area contributed by atoms with Gasteiger partial charge in [0.15, 0.2) is 20.8 Å². The van der Waals surface area contributed by atoms with E-state index in [4.69, 9.17) is 24.7 Å². The van der Waals surface area contributed by atoms with Crippen molar-refractivity contribution >= 4 is 52.6 Å². The van der Waals surface area contributed by atoms with Gasteiger partial charge < -0.3 is 30.0 Å². The van der Waals surface area contributed by atoms with Crippen LogP contribution in [0.5, 0.6) is 17.2 Å². The lowest BCUT2D eigenvalue weighted by Gasteiger charge is -2.27. The molecule has 0 aliphatic heterocycles. The van der Waals surface area contributed by atoms with Crippen molar-refractivity contribution in [2.24, 2.45) is 0 Å². The molecule has 20 heteroatoms. The van der Waals surface area contributed by atoms with Gasteiger partial charge in [-0.15, -0.1) is 5.10 Å². The fourth-order valence-corrected chi connectivity index (χ4v) is 11.4. The quantitative estimate of drug-likeness (QED) is 0.0943. The number of aromatic nitrogens is 5. The average Bonchev–Trinajstić information content (AvgIpc) is 3.91. The topological polar surface area (TPSA) is 220 Å². The summed E-state index contributed by atoms with van der Waals surface area (Å²) in [5.41, 5.74) is 8.35. The molecule has 0 radical (unpaired) electrons. The highest BCUT2D eigenvalue weighted by atomic mass is 32.2. The van der Waals surface area contributed by atoms with Crippen LogP contribution in [-0.4, -0.2) is 91.7 Å².